The molecule has 5 N–H and O–H groups in total. The van der Waals surface area contributed by atoms with Crippen LogP contribution in [-0.4, -0.2) is 36.3 Å². The second-order valence-corrected chi connectivity index (χ2v) is 11.7. The zero-order valence-electron chi connectivity index (χ0n) is 18.2. The lowest BCUT2D eigenvalue weighted by molar-refractivity contribution is 0.102. The van der Waals surface area contributed by atoms with Gasteiger partial charge in [0.2, 0.25) is 0 Å². The first-order valence-electron chi connectivity index (χ1n) is 9.72. The van der Waals surface area contributed by atoms with Crippen LogP contribution in [0.5, 0.6) is 0 Å². The number of aromatic nitrogens is 1. The Kier molecular flexibility index (Phi) is 6.16. The second-order valence-electron chi connectivity index (χ2n) is 8.57. The summed E-state index contributed by atoms with van der Waals surface area (Å²) in [7, 11) is -3.22. The zero-order chi connectivity index (χ0) is 24.1. The predicted molar refractivity (Wildman–Crippen MR) is 129 cm³/mol. The molecule has 10 heteroatoms. The van der Waals surface area contributed by atoms with E-state index in [1.807, 2.05) is 0 Å². The van der Waals surface area contributed by atoms with Crippen molar-refractivity contribution in [2.45, 2.75) is 38.0 Å². The Bertz CT molecular complexity index is 1150. The number of hydrogen-bond donors (Lipinski definition) is 4. The minimum atomic E-state index is -3.22. The number of pyridine rings is 1. The van der Waals surface area contributed by atoms with Crippen LogP contribution in [0.2, 0.25) is 5.02 Å². The number of carbonyl (C=O) groups excluding carboxylic acids is 1. The van der Waals surface area contributed by atoms with Crippen molar-refractivity contribution < 1.29 is 18.3 Å². The maximum Gasteiger partial charge on any atom is 0.274 e. The Balaban J connectivity index is 2.00. The van der Waals surface area contributed by atoms with E-state index >= 15 is 0 Å². The number of amides is 1. The molecule has 0 saturated carbocycles. The minimum absolute atomic E-state index is 0.0246. The summed E-state index contributed by atoms with van der Waals surface area (Å²) < 4.78 is 35.1. The van der Waals surface area contributed by atoms with Gasteiger partial charge < -0.3 is 11.1 Å². The number of carbonyl (C=O) groups is 1. The van der Waals surface area contributed by atoms with Crippen LogP contribution in [0.1, 0.15) is 49.3 Å². The summed E-state index contributed by atoms with van der Waals surface area (Å²) in [5.41, 5.74) is 6.29. The Hall–Kier alpha value is -2.46. The molecule has 32 heavy (non-hydrogen) atoms. The molecular weight excluding hydrogens is 455 g/mol. The van der Waals surface area contributed by atoms with Crippen LogP contribution in [0.4, 0.5) is 10.1 Å². The molecule has 2 aromatic rings. The van der Waals surface area contributed by atoms with Crippen LogP contribution in [0, 0.1) is 5.82 Å². The highest BCUT2D eigenvalue weighted by Crippen LogP contribution is 2.59. The number of aliphatic imine (C=N–C) groups is 1. The van der Waals surface area contributed by atoms with Crippen molar-refractivity contribution in [1.82, 2.24) is 4.98 Å². The topological polar surface area (TPSA) is 121 Å². The van der Waals surface area contributed by atoms with Crippen molar-refractivity contribution in [3.8, 4) is 0 Å². The number of benzene rings is 1. The molecule has 7 nitrogen and oxygen atoms in total. The summed E-state index contributed by atoms with van der Waals surface area (Å²) in [5, 5.41) is 3.06. The van der Waals surface area contributed by atoms with Crippen molar-refractivity contribution >= 4 is 45.2 Å². The quantitative estimate of drug-likeness (QED) is 0.474. The third-order valence-corrected chi connectivity index (χ3v) is 8.63. The fourth-order valence-electron chi connectivity index (χ4n) is 3.46. The number of hydrogen-bond acceptors (Lipinski definition) is 6. The first kappa shape index (κ1) is 24.2. The number of nitrogens with two attached hydrogens (primary N) is 1. The largest absolute Gasteiger partial charge is 0.386 e. The Labute approximate surface area is 193 Å². The van der Waals surface area contributed by atoms with Crippen LogP contribution in [0.3, 0.4) is 0 Å². The molecule has 2 heterocycles. The van der Waals surface area contributed by atoms with Gasteiger partial charge in [-0.15, -0.1) is 0 Å². The number of anilines is 1. The van der Waals surface area contributed by atoms with Gasteiger partial charge in [-0.25, -0.2) is 9.37 Å². The lowest BCUT2D eigenvalue weighted by Gasteiger charge is -2.53. The molecule has 0 bridgehead atoms. The number of allylic oxidation sites excluding steroid dienone is 1. The average molecular weight is 481 g/mol. The molecule has 1 aromatic heterocycles. The molecule has 1 amide bonds. The lowest BCUT2D eigenvalue weighted by atomic mass is 9.92. The van der Waals surface area contributed by atoms with Crippen LogP contribution in [-0.2, 0) is 5.54 Å². The third-order valence-electron chi connectivity index (χ3n) is 5.62. The fourth-order valence-corrected chi connectivity index (χ4v) is 5.37. The first-order chi connectivity index (χ1) is 14.7. The summed E-state index contributed by atoms with van der Waals surface area (Å²) in [4.78, 5) is 21.4. The van der Waals surface area contributed by atoms with E-state index in [2.05, 4.69) is 21.9 Å². The second kappa shape index (κ2) is 8.15. The smallest absolute Gasteiger partial charge is 0.274 e. The highest BCUT2D eigenvalue weighted by Gasteiger charge is 2.49. The summed E-state index contributed by atoms with van der Waals surface area (Å²) in [5.74, 6) is -1.32. The van der Waals surface area contributed by atoms with Crippen molar-refractivity contribution in [3.05, 3.63) is 64.7 Å². The highest BCUT2D eigenvalue weighted by molar-refractivity contribution is 8.26. The Morgan fingerprint density at radius 1 is 1.31 bits per heavy atom. The van der Waals surface area contributed by atoms with Gasteiger partial charge in [0.15, 0.2) is 0 Å². The first-order valence-corrected chi connectivity index (χ1v) is 11.8. The normalized spacial score (nSPS) is 22.6. The molecule has 1 aromatic carbocycles. The van der Waals surface area contributed by atoms with E-state index in [1.165, 1.54) is 24.4 Å². The van der Waals surface area contributed by atoms with Gasteiger partial charge in [0, 0.05) is 23.0 Å². The number of amidine groups is 1. The number of rotatable bonds is 4. The summed E-state index contributed by atoms with van der Waals surface area (Å²) >= 11 is 5.98. The number of halogens is 2. The van der Waals surface area contributed by atoms with Gasteiger partial charge in [-0.2, -0.15) is 10.6 Å². The van der Waals surface area contributed by atoms with Crippen molar-refractivity contribution in [3.63, 3.8) is 0 Å². The maximum absolute atomic E-state index is 14.8. The zero-order valence-corrected chi connectivity index (χ0v) is 19.8. The number of nitrogens with one attached hydrogen (secondary N) is 1. The summed E-state index contributed by atoms with van der Waals surface area (Å²) in [6.07, 6.45) is 1.35. The van der Waals surface area contributed by atoms with Crippen LogP contribution in [0.15, 0.2) is 42.0 Å². The van der Waals surface area contributed by atoms with Crippen molar-refractivity contribution in [2.75, 3.05) is 11.1 Å². The van der Waals surface area contributed by atoms with E-state index in [0.29, 0.717) is 16.2 Å². The van der Waals surface area contributed by atoms with Crippen LogP contribution >= 0.6 is 22.2 Å². The predicted octanol–water partition coefficient (Wildman–Crippen LogP) is 5.27. The molecule has 0 saturated heterocycles. The van der Waals surface area contributed by atoms with Crippen LogP contribution in [0.25, 0.3) is 5.57 Å². The standard InChI is InChI=1S/C22H26ClFN4O3S/c1-12(2)15-8-13(23)10-26-18(15)19(29)27-14-6-7-17(24)16(9-14)22(5)11-32(30,31)21(3,4)20(25)28-22/h6-10,30-31H,1,11H2,2-5H3,(H2,25,28)(H,27,29)/t22-/m0/s1. The summed E-state index contributed by atoms with van der Waals surface area (Å²) in [6, 6.07) is 5.58. The Morgan fingerprint density at radius 2 is 1.97 bits per heavy atom. The molecule has 1 atom stereocenters. The SMILES string of the molecule is C=C(C)c1cc(Cl)cnc1C(=O)Nc1ccc(F)c([C@]2(C)CS(O)(O)C(C)(C)C(N)=N2)c1. The van der Waals surface area contributed by atoms with Gasteiger partial charge in [-0.1, -0.05) is 18.2 Å². The lowest BCUT2D eigenvalue weighted by Crippen LogP contribution is -2.52. The molecule has 0 unspecified atom stereocenters. The molecule has 1 aliphatic rings. The Morgan fingerprint density at radius 3 is 2.56 bits per heavy atom. The third kappa shape index (κ3) is 4.25. The molecule has 1 aliphatic heterocycles. The van der Waals surface area contributed by atoms with Crippen LogP contribution < -0.4 is 11.1 Å². The fraction of sp³-hybridized carbons (Fsp3) is 0.318. The molecular formula is C22H26ClFN4O3S. The van der Waals surface area contributed by atoms with E-state index in [-0.39, 0.29) is 28.5 Å². The van der Waals surface area contributed by atoms with Gasteiger partial charge in [-0.05, 0) is 57.5 Å². The van der Waals surface area contributed by atoms with E-state index < -0.39 is 32.6 Å². The van der Waals surface area contributed by atoms with Gasteiger partial charge >= 0.3 is 0 Å². The highest BCUT2D eigenvalue weighted by atomic mass is 35.5. The number of nitrogens with zero attached hydrogens (tertiary/aromatic N) is 2. The molecule has 0 fully saturated rings. The molecule has 172 valence electrons. The van der Waals surface area contributed by atoms with E-state index in [1.54, 1.807) is 33.8 Å². The van der Waals surface area contributed by atoms with Gasteiger partial charge in [0.05, 0.1) is 10.8 Å². The average Bonchev–Trinajstić information content (AvgIpc) is 2.67. The summed E-state index contributed by atoms with van der Waals surface area (Å²) in [6.45, 7) is 10.3. The molecule has 0 spiro atoms. The monoisotopic (exact) mass is 480 g/mol. The van der Waals surface area contributed by atoms with Crippen molar-refractivity contribution in [2.24, 2.45) is 10.7 Å². The van der Waals surface area contributed by atoms with Gasteiger partial charge in [0.1, 0.15) is 27.6 Å². The van der Waals surface area contributed by atoms with Gasteiger partial charge in [0.25, 0.3) is 5.91 Å². The molecule has 3 rings (SSSR count). The van der Waals surface area contributed by atoms with Gasteiger partial charge in [-0.3, -0.25) is 18.9 Å². The molecule has 0 radical (unpaired) electrons. The maximum atomic E-state index is 14.8. The van der Waals surface area contributed by atoms with Crippen molar-refractivity contribution in [1.29, 1.82) is 0 Å². The van der Waals surface area contributed by atoms with E-state index in [4.69, 9.17) is 17.3 Å². The van der Waals surface area contributed by atoms with E-state index in [9.17, 15) is 18.3 Å². The minimum Gasteiger partial charge on any atom is -0.386 e. The van der Waals surface area contributed by atoms with E-state index in [0.717, 1.165) is 0 Å². The molecule has 0 aliphatic carbocycles.